The predicted molar refractivity (Wildman–Crippen MR) is 57.9 cm³/mol. The standard InChI is InChI=1S/C8H4ClIN3/c9-7-3-5-13(12-7)8-6(10)2-1-4-11-8/h1-4H. The molecular formula is C8H4ClIN3. The second-order valence-corrected chi connectivity index (χ2v) is 3.87. The van der Waals surface area contributed by atoms with Crippen molar-refractivity contribution in [1.82, 2.24) is 14.8 Å². The number of nitrogens with zero attached hydrogens (tertiary/aromatic N) is 3. The summed E-state index contributed by atoms with van der Waals surface area (Å²) in [5.74, 6) is 0.745. The van der Waals surface area contributed by atoms with Crippen LogP contribution in [0.25, 0.3) is 5.82 Å². The first-order valence-corrected chi connectivity index (χ1v) is 4.97. The minimum absolute atomic E-state index is 0.418. The summed E-state index contributed by atoms with van der Waals surface area (Å²) in [6.45, 7) is 0. The maximum Gasteiger partial charge on any atom is 0.167 e. The zero-order valence-corrected chi connectivity index (χ0v) is 9.32. The lowest BCUT2D eigenvalue weighted by atomic mass is 10.5. The zero-order valence-electron chi connectivity index (χ0n) is 6.41. The Morgan fingerprint density at radius 3 is 3.00 bits per heavy atom. The smallest absolute Gasteiger partial charge is 0.167 e. The molecule has 0 saturated heterocycles. The SMILES string of the molecule is Clc1c[c]n(-c2ncccc2I)n1. The molecule has 1 radical (unpaired) electrons. The van der Waals surface area contributed by atoms with Gasteiger partial charge in [-0.3, -0.25) is 0 Å². The molecular weight excluding hydrogens is 300 g/mol. The topological polar surface area (TPSA) is 30.7 Å². The highest BCUT2D eigenvalue weighted by atomic mass is 127. The molecule has 2 rings (SSSR count). The minimum Gasteiger partial charge on any atom is -0.236 e. The number of halogens is 2. The van der Waals surface area contributed by atoms with Gasteiger partial charge in [-0.15, -0.1) is 0 Å². The Labute approximate surface area is 93.9 Å². The van der Waals surface area contributed by atoms with Crippen molar-refractivity contribution in [2.45, 2.75) is 0 Å². The molecule has 0 aromatic carbocycles. The van der Waals surface area contributed by atoms with Crippen molar-refractivity contribution in [1.29, 1.82) is 0 Å². The van der Waals surface area contributed by atoms with Gasteiger partial charge in [0.25, 0.3) is 0 Å². The van der Waals surface area contributed by atoms with Crippen LogP contribution in [0, 0.1) is 9.77 Å². The maximum atomic E-state index is 5.67. The van der Waals surface area contributed by atoms with E-state index in [4.69, 9.17) is 11.6 Å². The number of hydrogen-bond acceptors (Lipinski definition) is 2. The van der Waals surface area contributed by atoms with Crippen molar-refractivity contribution in [2.75, 3.05) is 0 Å². The number of hydrogen-bond donors (Lipinski definition) is 0. The molecule has 0 atom stereocenters. The Balaban J connectivity index is 2.52. The normalized spacial score (nSPS) is 10.3. The summed E-state index contributed by atoms with van der Waals surface area (Å²) < 4.78 is 2.54. The minimum atomic E-state index is 0.418. The monoisotopic (exact) mass is 304 g/mol. The summed E-state index contributed by atoms with van der Waals surface area (Å²) in [5.41, 5.74) is 0. The van der Waals surface area contributed by atoms with Crippen molar-refractivity contribution < 1.29 is 0 Å². The summed E-state index contributed by atoms with van der Waals surface area (Å²) >= 11 is 7.86. The molecule has 0 spiro atoms. The van der Waals surface area contributed by atoms with Crippen molar-refractivity contribution in [3.8, 4) is 5.82 Å². The van der Waals surface area contributed by atoms with Gasteiger partial charge in [-0.25, -0.2) is 9.67 Å². The van der Waals surface area contributed by atoms with Crippen LogP contribution in [-0.4, -0.2) is 14.8 Å². The molecule has 0 aliphatic heterocycles. The highest BCUT2D eigenvalue weighted by Crippen LogP contribution is 2.13. The van der Waals surface area contributed by atoms with E-state index in [1.54, 1.807) is 12.3 Å². The molecule has 2 aromatic heterocycles. The fourth-order valence-corrected chi connectivity index (χ4v) is 1.61. The Bertz CT molecular complexity index is 427. The molecule has 3 nitrogen and oxygen atoms in total. The van der Waals surface area contributed by atoms with Gasteiger partial charge >= 0.3 is 0 Å². The van der Waals surface area contributed by atoms with E-state index in [2.05, 4.69) is 38.9 Å². The second kappa shape index (κ2) is 3.63. The van der Waals surface area contributed by atoms with Gasteiger partial charge in [0.15, 0.2) is 11.0 Å². The molecule has 2 heterocycles. The van der Waals surface area contributed by atoms with E-state index >= 15 is 0 Å². The van der Waals surface area contributed by atoms with Crippen LogP contribution in [0.3, 0.4) is 0 Å². The van der Waals surface area contributed by atoms with Crippen LogP contribution >= 0.6 is 34.2 Å². The number of rotatable bonds is 1. The highest BCUT2D eigenvalue weighted by molar-refractivity contribution is 14.1. The molecule has 2 aromatic rings. The van der Waals surface area contributed by atoms with Gasteiger partial charge in [-0.2, -0.15) is 5.10 Å². The van der Waals surface area contributed by atoms with Crippen LogP contribution in [0.4, 0.5) is 0 Å². The average Bonchev–Trinajstić information content (AvgIpc) is 2.53. The molecule has 0 saturated carbocycles. The van der Waals surface area contributed by atoms with Gasteiger partial charge in [0.2, 0.25) is 0 Å². The van der Waals surface area contributed by atoms with E-state index in [0.717, 1.165) is 9.39 Å². The van der Waals surface area contributed by atoms with Crippen LogP contribution < -0.4 is 0 Å². The summed E-state index contributed by atoms with van der Waals surface area (Å²) in [6, 6.07) is 5.43. The molecule has 0 fully saturated rings. The average molecular weight is 304 g/mol. The van der Waals surface area contributed by atoms with Crippen molar-refractivity contribution in [2.24, 2.45) is 0 Å². The van der Waals surface area contributed by atoms with Crippen LogP contribution in [0.5, 0.6) is 0 Å². The maximum absolute atomic E-state index is 5.67. The van der Waals surface area contributed by atoms with E-state index < -0.39 is 0 Å². The van der Waals surface area contributed by atoms with Crippen molar-refractivity contribution >= 4 is 34.2 Å². The molecule has 0 amide bonds. The van der Waals surface area contributed by atoms with E-state index in [0.29, 0.717) is 5.15 Å². The lowest BCUT2D eigenvalue weighted by molar-refractivity contribution is 0.835. The summed E-state index contributed by atoms with van der Waals surface area (Å²) in [6.07, 6.45) is 4.58. The van der Waals surface area contributed by atoms with Crippen molar-refractivity contribution in [3.05, 3.63) is 39.3 Å². The molecule has 0 unspecified atom stereocenters. The van der Waals surface area contributed by atoms with E-state index in [-0.39, 0.29) is 0 Å². The van der Waals surface area contributed by atoms with Crippen molar-refractivity contribution in [3.63, 3.8) is 0 Å². The third kappa shape index (κ3) is 1.83. The predicted octanol–water partition coefficient (Wildman–Crippen LogP) is 2.33. The van der Waals surface area contributed by atoms with E-state index in [1.807, 2.05) is 12.1 Å². The first-order valence-electron chi connectivity index (χ1n) is 3.51. The lowest BCUT2D eigenvalue weighted by Crippen LogP contribution is -2.00. The zero-order chi connectivity index (χ0) is 9.26. The first kappa shape index (κ1) is 8.96. The Kier molecular flexibility index (Phi) is 2.50. The van der Waals surface area contributed by atoms with Gasteiger partial charge in [0.1, 0.15) is 0 Å². The lowest BCUT2D eigenvalue weighted by Gasteiger charge is -2.00. The molecule has 0 N–H and O–H groups in total. The summed E-state index contributed by atoms with van der Waals surface area (Å²) in [4.78, 5) is 4.16. The third-order valence-corrected chi connectivity index (χ3v) is 2.47. The van der Waals surface area contributed by atoms with Gasteiger partial charge in [0.05, 0.1) is 9.77 Å². The quantitative estimate of drug-likeness (QED) is 0.757. The Morgan fingerprint density at radius 1 is 1.54 bits per heavy atom. The van der Waals surface area contributed by atoms with Crippen LogP contribution in [0.15, 0.2) is 24.4 Å². The fraction of sp³-hybridized carbons (Fsp3) is 0. The van der Waals surface area contributed by atoms with Crippen LogP contribution in [0.2, 0.25) is 5.15 Å². The molecule has 13 heavy (non-hydrogen) atoms. The van der Waals surface area contributed by atoms with Crippen LogP contribution in [-0.2, 0) is 0 Å². The van der Waals surface area contributed by atoms with E-state index in [1.165, 1.54) is 4.68 Å². The fourth-order valence-electron chi connectivity index (χ4n) is 0.909. The molecule has 5 heteroatoms. The molecule has 0 aliphatic rings. The molecule has 0 aliphatic carbocycles. The first-order chi connectivity index (χ1) is 6.27. The number of aromatic nitrogens is 3. The van der Waals surface area contributed by atoms with Gasteiger partial charge < -0.3 is 0 Å². The van der Waals surface area contributed by atoms with Gasteiger partial charge in [-0.05, 0) is 34.7 Å². The Morgan fingerprint density at radius 2 is 2.38 bits per heavy atom. The summed E-state index contributed by atoms with van der Waals surface area (Å²) in [7, 11) is 0. The van der Waals surface area contributed by atoms with Gasteiger partial charge in [0, 0.05) is 12.3 Å². The third-order valence-electron chi connectivity index (χ3n) is 1.44. The molecule has 65 valence electrons. The molecule has 0 bridgehead atoms. The van der Waals surface area contributed by atoms with Gasteiger partial charge in [-0.1, -0.05) is 11.6 Å². The highest BCUT2D eigenvalue weighted by Gasteiger charge is 2.04. The van der Waals surface area contributed by atoms with Crippen LogP contribution in [0.1, 0.15) is 0 Å². The summed E-state index contributed by atoms with van der Waals surface area (Å²) in [5, 5.41) is 4.42. The van der Waals surface area contributed by atoms with E-state index in [9.17, 15) is 0 Å². The largest absolute Gasteiger partial charge is 0.236 e. The Hall–Kier alpha value is -0.620. The number of pyridine rings is 1. The second-order valence-electron chi connectivity index (χ2n) is 2.32.